The second-order valence-electron chi connectivity index (χ2n) is 3.88. The normalized spacial score (nSPS) is 14.0. The van der Waals surface area contributed by atoms with Crippen LogP contribution in [0.4, 0.5) is 13.2 Å². The van der Waals surface area contributed by atoms with E-state index in [0.29, 0.717) is 0 Å². The molecule has 0 aliphatic rings. The van der Waals surface area contributed by atoms with Crippen LogP contribution in [0.1, 0.15) is 25.0 Å². The Morgan fingerprint density at radius 2 is 2.00 bits per heavy atom. The van der Waals surface area contributed by atoms with Crippen molar-refractivity contribution in [2.24, 2.45) is 5.73 Å². The van der Waals surface area contributed by atoms with Crippen LogP contribution < -0.4 is 5.73 Å². The molecule has 0 aromatic heterocycles. The van der Waals surface area contributed by atoms with Crippen molar-refractivity contribution in [2.75, 3.05) is 0 Å². The molecule has 0 aliphatic heterocycles. The Kier molecular flexibility index (Phi) is 3.39. The van der Waals surface area contributed by atoms with E-state index >= 15 is 0 Å². The van der Waals surface area contributed by atoms with Gasteiger partial charge in [0.15, 0.2) is 0 Å². The Balaban J connectivity index is 3.06. The van der Waals surface area contributed by atoms with Gasteiger partial charge in [-0.25, -0.2) is 13.2 Å². The van der Waals surface area contributed by atoms with E-state index < -0.39 is 11.7 Å². The van der Waals surface area contributed by atoms with Gasteiger partial charge < -0.3 is 5.73 Å². The van der Waals surface area contributed by atoms with Crippen molar-refractivity contribution >= 4 is 0 Å². The minimum absolute atomic E-state index is 0.181. The second-order valence-corrected chi connectivity index (χ2v) is 3.88. The number of rotatable bonds is 3. The minimum Gasteiger partial charge on any atom is -0.328 e. The van der Waals surface area contributed by atoms with Crippen LogP contribution in [-0.2, 0) is 12.3 Å². The molecule has 0 heterocycles. The van der Waals surface area contributed by atoms with Crippen LogP contribution in [0.15, 0.2) is 18.2 Å². The number of hydrogen-bond donors (Lipinski definition) is 1. The molecule has 0 radical (unpaired) electrons. The van der Waals surface area contributed by atoms with E-state index in [1.807, 2.05) is 0 Å². The maximum absolute atomic E-state index is 13.2. The van der Waals surface area contributed by atoms with Gasteiger partial charge in [-0.05, 0) is 31.0 Å². The van der Waals surface area contributed by atoms with E-state index in [1.54, 1.807) is 6.92 Å². The van der Waals surface area contributed by atoms with Crippen molar-refractivity contribution in [1.29, 1.82) is 0 Å². The monoisotopic (exact) mass is 217 g/mol. The summed E-state index contributed by atoms with van der Waals surface area (Å²) in [7, 11) is 0. The number of halogens is 3. The molecule has 2 N–H and O–H groups in total. The first kappa shape index (κ1) is 12.0. The van der Waals surface area contributed by atoms with E-state index in [0.717, 1.165) is 19.1 Å². The van der Waals surface area contributed by atoms with Gasteiger partial charge in [0.25, 0.3) is 5.92 Å². The fourth-order valence-electron chi connectivity index (χ4n) is 1.35. The Labute approximate surface area is 87.1 Å². The summed E-state index contributed by atoms with van der Waals surface area (Å²) in [6.45, 7) is 2.49. The first-order valence-corrected chi connectivity index (χ1v) is 4.73. The highest BCUT2D eigenvalue weighted by Gasteiger charge is 2.25. The standard InChI is InChI=1S/C11H14F3N/c1-7(15)5-8-6-9(11(2,13)14)3-4-10(8)12/h3-4,6-7H,5,15H2,1-2H3. The summed E-state index contributed by atoms with van der Waals surface area (Å²) in [6.07, 6.45) is 0.260. The van der Waals surface area contributed by atoms with Gasteiger partial charge in [-0.1, -0.05) is 6.07 Å². The third-order valence-corrected chi connectivity index (χ3v) is 2.09. The predicted octanol–water partition coefficient (Wildman–Crippen LogP) is 2.83. The Morgan fingerprint density at radius 1 is 1.40 bits per heavy atom. The lowest BCUT2D eigenvalue weighted by Gasteiger charge is -2.13. The van der Waals surface area contributed by atoms with Crippen LogP contribution in [0.2, 0.25) is 0 Å². The fraction of sp³-hybridized carbons (Fsp3) is 0.455. The van der Waals surface area contributed by atoms with Crippen LogP contribution >= 0.6 is 0 Å². The van der Waals surface area contributed by atoms with E-state index in [4.69, 9.17) is 5.73 Å². The number of hydrogen-bond acceptors (Lipinski definition) is 1. The molecule has 15 heavy (non-hydrogen) atoms. The molecular weight excluding hydrogens is 203 g/mol. The molecule has 0 saturated carbocycles. The maximum Gasteiger partial charge on any atom is 0.270 e. The summed E-state index contributed by atoms with van der Waals surface area (Å²) < 4.78 is 39.1. The maximum atomic E-state index is 13.2. The molecule has 0 fully saturated rings. The molecule has 0 aliphatic carbocycles. The summed E-state index contributed by atoms with van der Waals surface area (Å²) in [5.74, 6) is -3.43. The molecule has 0 amide bonds. The summed E-state index contributed by atoms with van der Waals surface area (Å²) in [5, 5.41) is 0. The molecule has 1 atom stereocenters. The zero-order valence-corrected chi connectivity index (χ0v) is 8.73. The van der Waals surface area contributed by atoms with Crippen LogP contribution in [0.5, 0.6) is 0 Å². The van der Waals surface area contributed by atoms with Gasteiger partial charge in [-0.2, -0.15) is 0 Å². The highest BCUT2D eigenvalue weighted by Crippen LogP contribution is 2.28. The SMILES string of the molecule is CC(N)Cc1cc(C(C)(F)F)ccc1F. The smallest absolute Gasteiger partial charge is 0.270 e. The third-order valence-electron chi connectivity index (χ3n) is 2.09. The van der Waals surface area contributed by atoms with Crippen molar-refractivity contribution in [2.45, 2.75) is 32.2 Å². The average Bonchev–Trinajstić information content (AvgIpc) is 2.06. The van der Waals surface area contributed by atoms with Crippen LogP contribution in [0, 0.1) is 5.82 Å². The average molecular weight is 217 g/mol. The van der Waals surface area contributed by atoms with Gasteiger partial charge in [0, 0.05) is 18.5 Å². The van der Waals surface area contributed by atoms with Crippen molar-refractivity contribution in [3.05, 3.63) is 35.1 Å². The zero-order valence-electron chi connectivity index (χ0n) is 8.73. The van der Waals surface area contributed by atoms with Gasteiger partial charge in [0.05, 0.1) is 0 Å². The topological polar surface area (TPSA) is 26.0 Å². The Morgan fingerprint density at radius 3 is 2.47 bits per heavy atom. The molecule has 1 unspecified atom stereocenters. The van der Waals surface area contributed by atoms with Crippen molar-refractivity contribution in [3.8, 4) is 0 Å². The number of nitrogens with two attached hydrogens (primary N) is 1. The molecule has 1 aromatic carbocycles. The van der Waals surface area contributed by atoms with Crippen molar-refractivity contribution < 1.29 is 13.2 Å². The molecule has 0 bridgehead atoms. The summed E-state index contributed by atoms with van der Waals surface area (Å²) >= 11 is 0. The van der Waals surface area contributed by atoms with E-state index in [-0.39, 0.29) is 23.6 Å². The number of benzene rings is 1. The van der Waals surface area contributed by atoms with Gasteiger partial charge in [-0.15, -0.1) is 0 Å². The van der Waals surface area contributed by atoms with Crippen LogP contribution in [-0.4, -0.2) is 6.04 Å². The van der Waals surface area contributed by atoms with E-state index in [1.165, 1.54) is 6.07 Å². The van der Waals surface area contributed by atoms with E-state index in [2.05, 4.69) is 0 Å². The molecule has 1 nitrogen and oxygen atoms in total. The first-order chi connectivity index (χ1) is 6.80. The Hall–Kier alpha value is -1.03. The lowest BCUT2D eigenvalue weighted by atomic mass is 10.0. The summed E-state index contributed by atoms with van der Waals surface area (Å²) in [4.78, 5) is 0. The summed E-state index contributed by atoms with van der Waals surface area (Å²) in [5.41, 5.74) is 5.56. The quantitative estimate of drug-likeness (QED) is 0.827. The van der Waals surface area contributed by atoms with Crippen molar-refractivity contribution in [3.63, 3.8) is 0 Å². The molecule has 4 heteroatoms. The highest BCUT2D eigenvalue weighted by molar-refractivity contribution is 5.28. The van der Waals surface area contributed by atoms with Crippen LogP contribution in [0.3, 0.4) is 0 Å². The molecular formula is C11H14F3N. The van der Waals surface area contributed by atoms with Gasteiger partial charge in [-0.3, -0.25) is 0 Å². The van der Waals surface area contributed by atoms with Crippen molar-refractivity contribution in [1.82, 2.24) is 0 Å². The van der Waals surface area contributed by atoms with Gasteiger partial charge >= 0.3 is 0 Å². The van der Waals surface area contributed by atoms with Gasteiger partial charge in [0.2, 0.25) is 0 Å². The molecule has 1 rings (SSSR count). The first-order valence-electron chi connectivity index (χ1n) is 4.73. The van der Waals surface area contributed by atoms with Gasteiger partial charge in [0.1, 0.15) is 5.82 Å². The van der Waals surface area contributed by atoms with Crippen LogP contribution in [0.25, 0.3) is 0 Å². The lowest BCUT2D eigenvalue weighted by molar-refractivity contribution is 0.0173. The third kappa shape index (κ3) is 3.23. The number of alkyl halides is 2. The predicted molar refractivity (Wildman–Crippen MR) is 53.3 cm³/mol. The zero-order chi connectivity index (χ0) is 11.6. The molecule has 0 spiro atoms. The molecule has 1 aromatic rings. The molecule has 0 saturated heterocycles. The largest absolute Gasteiger partial charge is 0.328 e. The lowest BCUT2D eigenvalue weighted by Crippen LogP contribution is -2.19. The summed E-state index contributed by atoms with van der Waals surface area (Å²) in [6, 6.07) is 3.09. The Bertz CT molecular complexity index is 342. The molecule has 84 valence electrons. The minimum atomic E-state index is -2.94. The highest BCUT2D eigenvalue weighted by atomic mass is 19.3. The second kappa shape index (κ2) is 4.23. The fourth-order valence-corrected chi connectivity index (χ4v) is 1.35. The van der Waals surface area contributed by atoms with E-state index in [9.17, 15) is 13.2 Å².